The molecule has 0 spiro atoms. The molecule has 2 aromatic rings. The van der Waals surface area contributed by atoms with Crippen LogP contribution in [0.1, 0.15) is 4.88 Å². The third kappa shape index (κ3) is 1.48. The third-order valence-corrected chi connectivity index (χ3v) is 3.10. The molecular weight excluding hydrogens is 192 g/mol. The van der Waals surface area contributed by atoms with Crippen molar-refractivity contribution in [3.8, 4) is 6.07 Å². The van der Waals surface area contributed by atoms with E-state index in [1.165, 1.54) is 16.2 Å². The predicted octanol–water partition coefficient (Wildman–Crippen LogP) is 2.72. The highest BCUT2D eigenvalue weighted by Gasteiger charge is 2.02. The molecule has 0 atom stereocenters. The van der Waals surface area contributed by atoms with Crippen molar-refractivity contribution in [1.29, 1.82) is 5.26 Å². The Morgan fingerprint density at radius 1 is 1.43 bits per heavy atom. The summed E-state index contributed by atoms with van der Waals surface area (Å²) in [5.74, 6) is 0. The van der Waals surface area contributed by atoms with Gasteiger partial charge in [0.1, 0.15) is 0 Å². The van der Waals surface area contributed by atoms with Crippen LogP contribution >= 0.6 is 11.3 Å². The number of fused-ring (bicyclic) bond motifs is 1. The van der Waals surface area contributed by atoms with Crippen LogP contribution in [0.3, 0.4) is 0 Å². The lowest BCUT2D eigenvalue weighted by molar-refractivity contribution is 1.52. The van der Waals surface area contributed by atoms with Gasteiger partial charge >= 0.3 is 0 Å². The van der Waals surface area contributed by atoms with E-state index in [0.717, 1.165) is 4.88 Å². The molecule has 0 radical (unpaired) electrons. The summed E-state index contributed by atoms with van der Waals surface area (Å²) in [6, 6.07) is 12.0. The van der Waals surface area contributed by atoms with Gasteiger partial charge in [0, 0.05) is 10.8 Å². The molecule has 0 aliphatic heterocycles. The summed E-state index contributed by atoms with van der Waals surface area (Å²) in [6.07, 6.45) is 1.37. The Balaban J connectivity index is 2.57. The van der Waals surface area contributed by atoms with Gasteiger partial charge in [-0.25, -0.2) is 0 Å². The largest absolute Gasteiger partial charge is 0.397 e. The predicted molar refractivity (Wildman–Crippen MR) is 59.6 cm³/mol. The highest BCUT2D eigenvalue weighted by molar-refractivity contribution is 7.20. The van der Waals surface area contributed by atoms with E-state index in [0.29, 0.717) is 5.70 Å². The summed E-state index contributed by atoms with van der Waals surface area (Å²) in [5.41, 5.74) is 6.25. The number of rotatable bonds is 1. The minimum Gasteiger partial charge on any atom is -0.397 e. The van der Waals surface area contributed by atoms with Gasteiger partial charge in [0.2, 0.25) is 0 Å². The molecule has 0 fully saturated rings. The van der Waals surface area contributed by atoms with Crippen LogP contribution in [0, 0.1) is 11.3 Å². The average Bonchev–Trinajstić information content (AvgIpc) is 2.61. The topological polar surface area (TPSA) is 49.8 Å². The van der Waals surface area contributed by atoms with E-state index in [1.807, 2.05) is 36.4 Å². The molecule has 0 bridgehead atoms. The standard InChI is InChI=1S/C11H8N2S/c12-6-5-9(13)11-7-8-3-1-2-4-10(8)14-11/h1-5,7H,13H2/b9-5+. The van der Waals surface area contributed by atoms with E-state index in [-0.39, 0.29) is 0 Å². The van der Waals surface area contributed by atoms with Crippen molar-refractivity contribution in [2.75, 3.05) is 0 Å². The molecule has 1 heterocycles. The maximum absolute atomic E-state index is 8.47. The molecular formula is C11H8N2S. The molecule has 2 nitrogen and oxygen atoms in total. The molecule has 2 rings (SSSR count). The van der Waals surface area contributed by atoms with Crippen molar-refractivity contribution >= 4 is 27.1 Å². The molecule has 0 unspecified atom stereocenters. The molecule has 2 N–H and O–H groups in total. The Labute approximate surface area is 85.9 Å². The van der Waals surface area contributed by atoms with E-state index >= 15 is 0 Å². The molecule has 0 aliphatic carbocycles. The van der Waals surface area contributed by atoms with Gasteiger partial charge in [-0.05, 0) is 17.5 Å². The van der Waals surface area contributed by atoms with Crippen LogP contribution in [0.2, 0.25) is 0 Å². The van der Waals surface area contributed by atoms with Gasteiger partial charge in [-0.3, -0.25) is 0 Å². The molecule has 68 valence electrons. The number of nitriles is 1. The van der Waals surface area contributed by atoms with Crippen molar-refractivity contribution < 1.29 is 0 Å². The van der Waals surface area contributed by atoms with E-state index in [1.54, 1.807) is 11.3 Å². The van der Waals surface area contributed by atoms with Crippen LogP contribution in [0.5, 0.6) is 0 Å². The second-order valence-corrected chi connectivity index (χ2v) is 3.96. The van der Waals surface area contributed by atoms with Crippen LogP contribution in [-0.2, 0) is 0 Å². The molecule has 0 aliphatic rings. The fraction of sp³-hybridized carbons (Fsp3) is 0. The van der Waals surface area contributed by atoms with E-state index in [9.17, 15) is 0 Å². The second-order valence-electron chi connectivity index (χ2n) is 2.88. The lowest BCUT2D eigenvalue weighted by atomic mass is 10.2. The van der Waals surface area contributed by atoms with E-state index in [4.69, 9.17) is 11.0 Å². The fourth-order valence-electron chi connectivity index (χ4n) is 1.26. The Morgan fingerprint density at radius 3 is 2.93 bits per heavy atom. The summed E-state index contributed by atoms with van der Waals surface area (Å²) in [5, 5.41) is 9.64. The quantitative estimate of drug-likeness (QED) is 0.719. The van der Waals surface area contributed by atoms with E-state index in [2.05, 4.69) is 0 Å². The first-order valence-electron chi connectivity index (χ1n) is 4.15. The van der Waals surface area contributed by atoms with Crippen LogP contribution in [0.25, 0.3) is 15.8 Å². The number of nitrogens with two attached hydrogens (primary N) is 1. The number of thiophene rings is 1. The van der Waals surface area contributed by atoms with Gasteiger partial charge in [0.05, 0.1) is 16.6 Å². The molecule has 3 heteroatoms. The number of allylic oxidation sites excluding steroid dienone is 1. The second kappa shape index (κ2) is 3.52. The number of nitrogens with zero attached hydrogens (tertiary/aromatic N) is 1. The lowest BCUT2D eigenvalue weighted by Gasteiger charge is -1.90. The SMILES string of the molecule is N#C/C=C(/N)c1cc2ccccc2s1. The van der Waals surface area contributed by atoms with Crippen molar-refractivity contribution in [2.45, 2.75) is 0 Å². The Kier molecular flexibility index (Phi) is 2.21. The first kappa shape index (κ1) is 8.79. The Morgan fingerprint density at radius 2 is 2.21 bits per heavy atom. The molecule has 1 aromatic heterocycles. The third-order valence-electron chi connectivity index (χ3n) is 1.93. The van der Waals surface area contributed by atoms with Crippen molar-refractivity contribution in [1.82, 2.24) is 0 Å². The zero-order valence-electron chi connectivity index (χ0n) is 7.40. The first-order valence-corrected chi connectivity index (χ1v) is 4.97. The van der Waals surface area contributed by atoms with Gasteiger partial charge in [-0.1, -0.05) is 18.2 Å². The Bertz CT molecular complexity index is 498. The molecule has 0 amide bonds. The van der Waals surface area contributed by atoms with Crippen LogP contribution in [-0.4, -0.2) is 0 Å². The monoisotopic (exact) mass is 200 g/mol. The van der Waals surface area contributed by atoms with Crippen LogP contribution in [0.15, 0.2) is 36.4 Å². The van der Waals surface area contributed by atoms with Gasteiger partial charge in [0.15, 0.2) is 0 Å². The van der Waals surface area contributed by atoms with Gasteiger partial charge in [-0.2, -0.15) is 5.26 Å². The van der Waals surface area contributed by atoms with Crippen molar-refractivity contribution in [2.24, 2.45) is 5.73 Å². The lowest BCUT2D eigenvalue weighted by Crippen LogP contribution is -1.91. The normalized spacial score (nSPS) is 11.5. The Hall–Kier alpha value is -1.79. The maximum atomic E-state index is 8.47. The van der Waals surface area contributed by atoms with E-state index < -0.39 is 0 Å². The van der Waals surface area contributed by atoms with Crippen molar-refractivity contribution in [3.63, 3.8) is 0 Å². The number of hydrogen-bond acceptors (Lipinski definition) is 3. The first-order chi connectivity index (χ1) is 6.81. The molecule has 1 aromatic carbocycles. The number of hydrogen-bond donors (Lipinski definition) is 1. The summed E-state index contributed by atoms with van der Waals surface area (Å²) in [4.78, 5) is 0.952. The summed E-state index contributed by atoms with van der Waals surface area (Å²) in [6.45, 7) is 0. The van der Waals surface area contributed by atoms with Crippen LogP contribution in [0.4, 0.5) is 0 Å². The molecule has 0 saturated heterocycles. The van der Waals surface area contributed by atoms with Gasteiger partial charge in [0.25, 0.3) is 0 Å². The zero-order chi connectivity index (χ0) is 9.97. The highest BCUT2D eigenvalue weighted by Crippen LogP contribution is 2.28. The minimum absolute atomic E-state index is 0.536. The maximum Gasteiger partial charge on any atom is 0.0934 e. The smallest absolute Gasteiger partial charge is 0.0934 e. The summed E-state index contributed by atoms with van der Waals surface area (Å²) in [7, 11) is 0. The molecule has 14 heavy (non-hydrogen) atoms. The van der Waals surface area contributed by atoms with Crippen molar-refractivity contribution in [3.05, 3.63) is 41.3 Å². The number of benzene rings is 1. The van der Waals surface area contributed by atoms with Gasteiger partial charge < -0.3 is 5.73 Å². The highest BCUT2D eigenvalue weighted by atomic mass is 32.1. The summed E-state index contributed by atoms with van der Waals surface area (Å²) >= 11 is 1.60. The summed E-state index contributed by atoms with van der Waals surface area (Å²) < 4.78 is 1.19. The minimum atomic E-state index is 0.536. The van der Waals surface area contributed by atoms with Crippen LogP contribution < -0.4 is 5.73 Å². The average molecular weight is 200 g/mol. The molecule has 0 saturated carbocycles. The zero-order valence-corrected chi connectivity index (χ0v) is 8.21. The fourth-order valence-corrected chi connectivity index (χ4v) is 2.26. The van der Waals surface area contributed by atoms with Gasteiger partial charge in [-0.15, -0.1) is 11.3 Å².